The highest BCUT2D eigenvalue weighted by Crippen LogP contribution is 2.35. The van der Waals surface area contributed by atoms with Crippen LogP contribution in [0.1, 0.15) is 70.6 Å². The van der Waals surface area contributed by atoms with Crippen LogP contribution in [0.2, 0.25) is 0 Å². The minimum Gasteiger partial charge on any atom is -0.370 e. The van der Waals surface area contributed by atoms with E-state index in [1.807, 2.05) is 17.0 Å². The number of anilines is 1. The van der Waals surface area contributed by atoms with Gasteiger partial charge in [-0.3, -0.25) is 19.3 Å². The molecular weight excluding hydrogens is 422 g/mol. The number of carbonyl (C=O) groups excluding carboxylic acids is 3. The molecule has 0 saturated carbocycles. The molecule has 5 rings (SSSR count). The van der Waals surface area contributed by atoms with Gasteiger partial charge in [0.25, 0.3) is 11.8 Å². The summed E-state index contributed by atoms with van der Waals surface area (Å²) in [6, 6.07) is 5.39. The summed E-state index contributed by atoms with van der Waals surface area (Å²) < 4.78 is 4.72. The second-order valence-corrected chi connectivity index (χ2v) is 9.22. The molecule has 9 nitrogen and oxygen atoms in total. The van der Waals surface area contributed by atoms with E-state index in [0.29, 0.717) is 29.1 Å². The molecule has 0 aliphatic carbocycles. The van der Waals surface area contributed by atoms with E-state index in [1.54, 1.807) is 13.0 Å². The van der Waals surface area contributed by atoms with Gasteiger partial charge in [0.2, 0.25) is 5.91 Å². The molecule has 3 aliphatic heterocycles. The van der Waals surface area contributed by atoms with Crippen molar-refractivity contribution in [2.45, 2.75) is 52.0 Å². The first-order chi connectivity index (χ1) is 16.0. The lowest BCUT2D eigenvalue weighted by atomic mass is 9.94. The second kappa shape index (κ2) is 8.96. The molecule has 2 fully saturated rings. The van der Waals surface area contributed by atoms with Crippen molar-refractivity contribution in [3.63, 3.8) is 0 Å². The van der Waals surface area contributed by atoms with Gasteiger partial charge in [-0.25, -0.2) is 4.63 Å². The van der Waals surface area contributed by atoms with E-state index in [1.165, 1.54) is 17.7 Å². The van der Waals surface area contributed by atoms with Gasteiger partial charge in [0.1, 0.15) is 11.4 Å². The summed E-state index contributed by atoms with van der Waals surface area (Å²) in [7, 11) is 0. The molecule has 4 heterocycles. The Bertz CT molecular complexity index is 1070. The summed E-state index contributed by atoms with van der Waals surface area (Å²) >= 11 is 0. The Hall–Kier alpha value is -3.23. The molecule has 1 aromatic heterocycles. The Labute approximate surface area is 192 Å². The van der Waals surface area contributed by atoms with Crippen molar-refractivity contribution in [3.8, 4) is 0 Å². The van der Waals surface area contributed by atoms with Crippen molar-refractivity contribution in [2.24, 2.45) is 5.92 Å². The highest BCUT2D eigenvalue weighted by atomic mass is 16.6. The fourth-order valence-corrected chi connectivity index (χ4v) is 5.21. The van der Waals surface area contributed by atoms with Crippen LogP contribution in [0.25, 0.3) is 0 Å². The van der Waals surface area contributed by atoms with Crippen LogP contribution in [-0.4, -0.2) is 64.0 Å². The number of nitrogens with zero attached hydrogens (tertiary/aromatic N) is 5. The minimum atomic E-state index is -0.339. The molecule has 3 aliphatic rings. The number of piperidine rings is 1. The van der Waals surface area contributed by atoms with Crippen LogP contribution < -0.4 is 4.90 Å². The Morgan fingerprint density at radius 2 is 1.82 bits per heavy atom. The fraction of sp³-hybridized carbons (Fsp3) is 0.542. The molecule has 0 spiro atoms. The third kappa shape index (κ3) is 4.00. The molecule has 174 valence electrons. The number of carbonyl (C=O) groups is 3. The predicted molar refractivity (Wildman–Crippen MR) is 120 cm³/mol. The monoisotopic (exact) mass is 451 g/mol. The molecular formula is C24H29N5O4. The topological polar surface area (TPSA) is 99.8 Å². The lowest BCUT2D eigenvalue weighted by molar-refractivity contribution is -0.135. The normalized spacial score (nSPS) is 21.4. The molecule has 1 aromatic carbocycles. The maximum absolute atomic E-state index is 13.3. The maximum Gasteiger partial charge on any atom is 0.264 e. The molecule has 2 aromatic rings. The van der Waals surface area contributed by atoms with Gasteiger partial charge >= 0.3 is 0 Å². The Morgan fingerprint density at radius 1 is 1.03 bits per heavy atom. The first-order valence-electron chi connectivity index (χ1n) is 11.9. The zero-order valence-electron chi connectivity index (χ0n) is 19.0. The van der Waals surface area contributed by atoms with Gasteiger partial charge in [-0.1, -0.05) is 29.2 Å². The number of hydrogen-bond donors (Lipinski definition) is 0. The fourth-order valence-electron chi connectivity index (χ4n) is 5.21. The van der Waals surface area contributed by atoms with Crippen LogP contribution >= 0.6 is 0 Å². The average molecular weight is 452 g/mol. The summed E-state index contributed by atoms with van der Waals surface area (Å²) in [5.74, 6) is -0.533. The highest BCUT2D eigenvalue weighted by molar-refractivity contribution is 6.23. The van der Waals surface area contributed by atoms with Gasteiger partial charge in [-0.15, -0.1) is 0 Å². The van der Waals surface area contributed by atoms with Gasteiger partial charge in [0.15, 0.2) is 0 Å². The van der Waals surface area contributed by atoms with E-state index in [-0.39, 0.29) is 30.2 Å². The standard InChI is InChI=1S/C24H29N5O4/c1-16-19(26-33-25-16)15-29-23(31)18-9-6-10-20(21(18)24(29)32)28-13-7-8-17(14-28)22(30)27-11-4-2-3-5-12-27/h6,9-10,17H,2-5,7-8,11-15H2,1H3. The zero-order chi connectivity index (χ0) is 22.9. The molecule has 1 unspecified atom stereocenters. The van der Waals surface area contributed by atoms with Gasteiger partial charge in [0, 0.05) is 26.2 Å². The molecule has 33 heavy (non-hydrogen) atoms. The van der Waals surface area contributed by atoms with E-state index in [9.17, 15) is 14.4 Å². The third-order valence-electron chi connectivity index (χ3n) is 7.06. The quantitative estimate of drug-likeness (QED) is 0.659. The van der Waals surface area contributed by atoms with E-state index >= 15 is 0 Å². The smallest absolute Gasteiger partial charge is 0.264 e. The molecule has 9 heteroatoms. The maximum atomic E-state index is 13.3. The Kier molecular flexibility index (Phi) is 5.86. The number of imide groups is 1. The molecule has 0 radical (unpaired) electrons. The third-order valence-corrected chi connectivity index (χ3v) is 7.06. The van der Waals surface area contributed by atoms with Crippen molar-refractivity contribution in [3.05, 3.63) is 40.7 Å². The molecule has 2 saturated heterocycles. The van der Waals surface area contributed by atoms with Crippen LogP contribution in [0, 0.1) is 12.8 Å². The van der Waals surface area contributed by atoms with Crippen molar-refractivity contribution in [1.82, 2.24) is 20.1 Å². The highest BCUT2D eigenvalue weighted by Gasteiger charge is 2.40. The number of benzene rings is 1. The van der Waals surface area contributed by atoms with Crippen LogP contribution in [0.4, 0.5) is 5.69 Å². The van der Waals surface area contributed by atoms with E-state index < -0.39 is 0 Å². The number of likely N-dealkylation sites (tertiary alicyclic amines) is 1. The van der Waals surface area contributed by atoms with Crippen molar-refractivity contribution < 1.29 is 19.0 Å². The number of amides is 3. The number of rotatable bonds is 4. The van der Waals surface area contributed by atoms with Crippen LogP contribution in [-0.2, 0) is 11.3 Å². The number of fused-ring (bicyclic) bond motifs is 1. The van der Waals surface area contributed by atoms with Crippen molar-refractivity contribution in [2.75, 3.05) is 31.1 Å². The van der Waals surface area contributed by atoms with Gasteiger partial charge in [-0.05, 0) is 44.7 Å². The predicted octanol–water partition coefficient (Wildman–Crippen LogP) is 2.79. The molecule has 0 N–H and O–H groups in total. The van der Waals surface area contributed by atoms with Crippen molar-refractivity contribution >= 4 is 23.4 Å². The summed E-state index contributed by atoms with van der Waals surface area (Å²) in [5.41, 5.74) is 2.56. The van der Waals surface area contributed by atoms with Gasteiger partial charge < -0.3 is 9.80 Å². The number of hydrogen-bond acceptors (Lipinski definition) is 7. The minimum absolute atomic E-state index is 0.0250. The van der Waals surface area contributed by atoms with E-state index in [0.717, 1.165) is 51.0 Å². The first kappa shape index (κ1) is 21.6. The first-order valence-corrected chi connectivity index (χ1v) is 11.9. The van der Waals surface area contributed by atoms with E-state index in [2.05, 4.69) is 15.2 Å². The zero-order valence-corrected chi connectivity index (χ0v) is 19.0. The molecule has 3 amide bonds. The number of aryl methyl sites for hydroxylation is 1. The summed E-state index contributed by atoms with van der Waals surface area (Å²) in [6.45, 7) is 4.76. The second-order valence-electron chi connectivity index (χ2n) is 9.22. The van der Waals surface area contributed by atoms with Gasteiger partial charge in [-0.2, -0.15) is 0 Å². The van der Waals surface area contributed by atoms with Crippen molar-refractivity contribution in [1.29, 1.82) is 0 Å². The average Bonchev–Trinajstić information content (AvgIpc) is 3.20. The number of aromatic nitrogens is 2. The SMILES string of the molecule is Cc1nonc1CN1C(=O)c2cccc(N3CCCC(C(=O)N4CCCCCC4)C3)c2C1=O. The Balaban J connectivity index is 1.37. The Morgan fingerprint density at radius 3 is 2.55 bits per heavy atom. The summed E-state index contributed by atoms with van der Waals surface area (Å²) in [6.07, 6.45) is 6.26. The summed E-state index contributed by atoms with van der Waals surface area (Å²) in [5, 5.41) is 7.56. The van der Waals surface area contributed by atoms with Crippen LogP contribution in [0.3, 0.4) is 0 Å². The lowest BCUT2D eigenvalue weighted by Crippen LogP contribution is -2.45. The molecule has 1 atom stereocenters. The van der Waals surface area contributed by atoms with Crippen LogP contribution in [0.15, 0.2) is 22.8 Å². The van der Waals surface area contributed by atoms with Gasteiger partial charge in [0.05, 0.1) is 29.3 Å². The summed E-state index contributed by atoms with van der Waals surface area (Å²) in [4.78, 5) is 45.0. The largest absolute Gasteiger partial charge is 0.370 e. The lowest BCUT2D eigenvalue weighted by Gasteiger charge is -2.36. The van der Waals surface area contributed by atoms with Crippen LogP contribution in [0.5, 0.6) is 0 Å². The molecule has 0 bridgehead atoms. The van der Waals surface area contributed by atoms with E-state index in [4.69, 9.17) is 4.63 Å².